The van der Waals surface area contributed by atoms with Gasteiger partial charge >= 0.3 is 0 Å². The topological polar surface area (TPSA) is 104 Å². The van der Waals surface area contributed by atoms with Crippen molar-refractivity contribution < 1.29 is 14.4 Å². The number of aromatic nitrogens is 2. The van der Waals surface area contributed by atoms with Crippen LogP contribution < -0.4 is 10.6 Å². The minimum atomic E-state index is -0.662. The van der Waals surface area contributed by atoms with E-state index >= 15 is 0 Å². The molecule has 3 amide bonds. The van der Waals surface area contributed by atoms with E-state index in [2.05, 4.69) is 20.6 Å². The van der Waals surface area contributed by atoms with Crippen molar-refractivity contribution in [3.63, 3.8) is 0 Å². The number of nitrogens with one attached hydrogen (secondary N) is 2. The lowest BCUT2D eigenvalue weighted by atomic mass is 10.1. The maximum atomic E-state index is 12.4. The molecule has 1 aliphatic rings. The minimum absolute atomic E-state index is 0.109. The molecule has 1 aromatic rings. The van der Waals surface area contributed by atoms with Gasteiger partial charge in [-0.05, 0) is 13.3 Å². The summed E-state index contributed by atoms with van der Waals surface area (Å²) in [4.78, 5) is 44.9. The number of hydrogen-bond acceptors (Lipinski definition) is 6. The Morgan fingerprint density at radius 2 is 2.14 bits per heavy atom. The van der Waals surface area contributed by atoms with Crippen LogP contribution in [0.5, 0.6) is 0 Å². The number of amides is 3. The van der Waals surface area contributed by atoms with Crippen LogP contribution in [0.1, 0.15) is 30.8 Å². The molecule has 21 heavy (non-hydrogen) atoms. The van der Waals surface area contributed by atoms with Crippen LogP contribution in [0.15, 0.2) is 12.4 Å². The lowest BCUT2D eigenvalue weighted by Gasteiger charge is -2.33. The zero-order chi connectivity index (χ0) is 15.4. The Balaban J connectivity index is 2.20. The maximum Gasteiger partial charge on any atom is 0.275 e. The summed E-state index contributed by atoms with van der Waals surface area (Å²) in [7, 11) is 0. The van der Waals surface area contributed by atoms with Gasteiger partial charge in [-0.1, -0.05) is 6.92 Å². The molecular weight excluding hydrogens is 274 g/mol. The summed E-state index contributed by atoms with van der Waals surface area (Å²) in [6.45, 7) is 4.24. The van der Waals surface area contributed by atoms with Gasteiger partial charge in [-0.25, -0.2) is 9.97 Å². The average Bonchev–Trinajstić information content (AvgIpc) is 2.47. The lowest BCUT2D eigenvalue weighted by Crippen LogP contribution is -2.59. The Hall–Kier alpha value is -2.51. The second-order valence-electron chi connectivity index (χ2n) is 4.59. The van der Waals surface area contributed by atoms with E-state index in [4.69, 9.17) is 0 Å². The summed E-state index contributed by atoms with van der Waals surface area (Å²) in [5.41, 5.74) is 0.109. The molecule has 1 fully saturated rings. The first kappa shape index (κ1) is 14.9. The molecule has 1 saturated heterocycles. The summed E-state index contributed by atoms with van der Waals surface area (Å²) in [6.07, 6.45) is 3.21. The second-order valence-corrected chi connectivity index (χ2v) is 4.59. The van der Waals surface area contributed by atoms with Crippen molar-refractivity contribution in [3.05, 3.63) is 18.1 Å². The highest BCUT2D eigenvalue weighted by atomic mass is 16.2. The molecule has 2 heterocycles. The van der Waals surface area contributed by atoms with Gasteiger partial charge in [0.25, 0.3) is 5.91 Å². The van der Waals surface area contributed by atoms with E-state index in [-0.39, 0.29) is 12.2 Å². The summed E-state index contributed by atoms with van der Waals surface area (Å²) in [5, 5.41) is 5.20. The van der Waals surface area contributed by atoms with Gasteiger partial charge in [0.2, 0.25) is 11.8 Å². The fraction of sp³-hybridized carbons (Fsp3) is 0.462. The molecule has 1 atom stereocenters. The normalized spacial score (nSPS) is 18.4. The third-order valence-electron chi connectivity index (χ3n) is 3.13. The van der Waals surface area contributed by atoms with Crippen LogP contribution in [0.25, 0.3) is 0 Å². The van der Waals surface area contributed by atoms with Gasteiger partial charge < -0.3 is 10.2 Å². The van der Waals surface area contributed by atoms with Gasteiger partial charge in [0.15, 0.2) is 0 Å². The van der Waals surface area contributed by atoms with Gasteiger partial charge in [0.05, 0.1) is 12.4 Å². The highest BCUT2D eigenvalue weighted by molar-refractivity contribution is 6.06. The molecular formula is C13H17N5O3. The van der Waals surface area contributed by atoms with Gasteiger partial charge in [-0.15, -0.1) is 0 Å². The molecule has 2 rings (SSSR count). The van der Waals surface area contributed by atoms with E-state index in [9.17, 15) is 14.4 Å². The van der Waals surface area contributed by atoms with E-state index in [1.54, 1.807) is 6.92 Å². The first-order chi connectivity index (χ1) is 10.1. The number of nitrogens with zero attached hydrogens (tertiary/aromatic N) is 3. The van der Waals surface area contributed by atoms with Crippen molar-refractivity contribution in [2.24, 2.45) is 0 Å². The summed E-state index contributed by atoms with van der Waals surface area (Å²) in [6, 6.07) is -0.662. The summed E-state index contributed by atoms with van der Waals surface area (Å²) < 4.78 is 0. The van der Waals surface area contributed by atoms with Crippen LogP contribution >= 0.6 is 0 Å². The smallest absolute Gasteiger partial charge is 0.275 e. The lowest BCUT2D eigenvalue weighted by molar-refractivity contribution is -0.138. The number of carbonyl (C=O) groups is 3. The molecule has 0 saturated carbocycles. The van der Waals surface area contributed by atoms with Crippen molar-refractivity contribution in [2.45, 2.75) is 26.3 Å². The van der Waals surface area contributed by atoms with E-state index in [1.807, 2.05) is 6.92 Å². The van der Waals surface area contributed by atoms with Gasteiger partial charge in [-0.3, -0.25) is 19.7 Å². The van der Waals surface area contributed by atoms with Crippen molar-refractivity contribution in [2.75, 3.05) is 18.4 Å². The van der Waals surface area contributed by atoms with Crippen molar-refractivity contribution >= 4 is 23.5 Å². The standard InChI is InChI=1S/C13H17N5O3/c1-3-9-12(20)17-11(19)7-18(9)13(21)8-5-16-10(6-15-8)14-4-2/h5-6,9H,3-4,7H2,1-2H3,(H,14,16)(H,17,19,20). The Bertz CT molecular complexity index is 557. The number of imide groups is 1. The third kappa shape index (κ3) is 3.15. The molecule has 2 N–H and O–H groups in total. The Morgan fingerprint density at radius 1 is 1.38 bits per heavy atom. The SMILES string of the molecule is CCNc1cnc(C(=O)N2CC(=O)NC(=O)C2CC)cn1. The quantitative estimate of drug-likeness (QED) is 0.744. The first-order valence-electron chi connectivity index (χ1n) is 6.77. The largest absolute Gasteiger partial charge is 0.369 e. The van der Waals surface area contributed by atoms with Gasteiger partial charge in [0.1, 0.15) is 24.1 Å². The average molecular weight is 291 g/mol. The molecule has 0 aromatic carbocycles. The highest BCUT2D eigenvalue weighted by Crippen LogP contribution is 2.13. The Labute approximate surface area is 121 Å². The molecule has 1 aliphatic heterocycles. The Kier molecular flexibility index (Phi) is 4.46. The van der Waals surface area contributed by atoms with E-state index in [1.165, 1.54) is 17.3 Å². The number of hydrogen-bond donors (Lipinski definition) is 2. The van der Waals surface area contributed by atoms with E-state index < -0.39 is 23.8 Å². The first-order valence-corrected chi connectivity index (χ1v) is 6.77. The molecule has 0 bridgehead atoms. The molecule has 0 spiro atoms. The van der Waals surface area contributed by atoms with Gasteiger partial charge in [-0.2, -0.15) is 0 Å². The van der Waals surface area contributed by atoms with Crippen LogP contribution in [-0.4, -0.2) is 51.7 Å². The van der Waals surface area contributed by atoms with Gasteiger partial charge in [0, 0.05) is 6.54 Å². The molecule has 112 valence electrons. The Morgan fingerprint density at radius 3 is 2.71 bits per heavy atom. The molecule has 0 radical (unpaired) electrons. The molecule has 8 heteroatoms. The zero-order valence-electron chi connectivity index (χ0n) is 11.9. The molecule has 1 unspecified atom stereocenters. The van der Waals surface area contributed by atoms with Crippen molar-refractivity contribution in [1.29, 1.82) is 0 Å². The number of piperazine rings is 1. The van der Waals surface area contributed by atoms with Crippen molar-refractivity contribution in [1.82, 2.24) is 20.2 Å². The van der Waals surface area contributed by atoms with Crippen LogP contribution in [0, 0.1) is 0 Å². The number of anilines is 1. The van der Waals surface area contributed by atoms with E-state index in [0.29, 0.717) is 18.8 Å². The second kappa shape index (κ2) is 6.29. The number of carbonyl (C=O) groups excluding carboxylic acids is 3. The monoisotopic (exact) mass is 291 g/mol. The fourth-order valence-electron chi connectivity index (χ4n) is 2.14. The van der Waals surface area contributed by atoms with Crippen LogP contribution in [0.3, 0.4) is 0 Å². The fourth-order valence-corrected chi connectivity index (χ4v) is 2.14. The van der Waals surface area contributed by atoms with Crippen LogP contribution in [0.2, 0.25) is 0 Å². The maximum absolute atomic E-state index is 12.4. The van der Waals surface area contributed by atoms with E-state index in [0.717, 1.165) is 0 Å². The highest BCUT2D eigenvalue weighted by Gasteiger charge is 2.36. The molecule has 8 nitrogen and oxygen atoms in total. The number of rotatable bonds is 4. The van der Waals surface area contributed by atoms with Crippen molar-refractivity contribution in [3.8, 4) is 0 Å². The predicted molar refractivity (Wildman–Crippen MR) is 74.5 cm³/mol. The zero-order valence-corrected chi connectivity index (χ0v) is 11.9. The predicted octanol–water partition coefficient (Wildman–Crippen LogP) is -0.214. The third-order valence-corrected chi connectivity index (χ3v) is 3.13. The summed E-state index contributed by atoms with van der Waals surface area (Å²) >= 11 is 0. The minimum Gasteiger partial charge on any atom is -0.369 e. The molecule has 0 aliphatic carbocycles. The van der Waals surface area contributed by atoms with Crippen LogP contribution in [-0.2, 0) is 9.59 Å². The summed E-state index contributed by atoms with van der Waals surface area (Å²) in [5.74, 6) is -0.858. The van der Waals surface area contributed by atoms with Crippen LogP contribution in [0.4, 0.5) is 5.82 Å². The molecule has 1 aromatic heterocycles.